The van der Waals surface area contributed by atoms with Crippen molar-refractivity contribution in [1.82, 2.24) is 0 Å². The number of carbonyl (C=O) groups excluding carboxylic acids is 1. The van der Waals surface area contributed by atoms with Gasteiger partial charge >= 0.3 is 0 Å². The Kier molecular flexibility index (Phi) is 3.33. The molecule has 0 saturated heterocycles. The molecule has 4 aliphatic rings. The van der Waals surface area contributed by atoms with E-state index in [0.29, 0.717) is 25.0 Å². The predicted octanol–water partition coefficient (Wildman–Crippen LogP) is 3.02. The van der Waals surface area contributed by atoms with Crippen LogP contribution in [0.1, 0.15) is 65.2 Å². The topological polar surface area (TPSA) is 57.5 Å². The first kappa shape index (κ1) is 16.0. The van der Waals surface area contributed by atoms with Gasteiger partial charge in [0, 0.05) is 24.7 Å². The van der Waals surface area contributed by atoms with Crippen molar-refractivity contribution in [2.45, 2.75) is 83.1 Å². The van der Waals surface area contributed by atoms with E-state index in [-0.39, 0.29) is 41.4 Å². The average Bonchev–Trinajstić information content (AvgIpc) is 2.77. The van der Waals surface area contributed by atoms with Gasteiger partial charge < -0.3 is 10.2 Å². The van der Waals surface area contributed by atoms with Crippen LogP contribution in [0.25, 0.3) is 0 Å². The van der Waals surface area contributed by atoms with E-state index < -0.39 is 17.9 Å². The highest BCUT2D eigenvalue weighted by atomic mass is 19.1. The van der Waals surface area contributed by atoms with E-state index in [9.17, 15) is 19.4 Å². The number of alkyl halides is 1. The van der Waals surface area contributed by atoms with E-state index >= 15 is 0 Å². The van der Waals surface area contributed by atoms with E-state index in [2.05, 4.69) is 13.8 Å². The van der Waals surface area contributed by atoms with Crippen molar-refractivity contribution in [2.24, 2.45) is 28.6 Å². The van der Waals surface area contributed by atoms with Gasteiger partial charge in [-0.05, 0) is 55.3 Å². The quantitative estimate of drug-likeness (QED) is 0.720. The van der Waals surface area contributed by atoms with Crippen LogP contribution in [-0.4, -0.2) is 33.9 Å². The third kappa shape index (κ3) is 1.91. The third-order valence-corrected chi connectivity index (χ3v) is 8.45. The maximum absolute atomic E-state index is 14.0. The zero-order valence-electron chi connectivity index (χ0n) is 14.2. The van der Waals surface area contributed by atoms with Gasteiger partial charge in [-0.3, -0.25) is 4.79 Å². The molecular formula is C19H29FO3. The molecule has 0 heterocycles. The smallest absolute Gasteiger partial charge is 0.139 e. The molecule has 4 fully saturated rings. The lowest BCUT2D eigenvalue weighted by molar-refractivity contribution is -0.241. The fraction of sp³-hybridized carbons (Fsp3) is 0.947. The Hall–Kier alpha value is -0.480. The van der Waals surface area contributed by atoms with E-state index in [4.69, 9.17) is 0 Å². The summed E-state index contributed by atoms with van der Waals surface area (Å²) in [6.07, 6.45) is 3.28. The standard InChI is InChI=1S/C19H29FO3/c1-17-7-6-13-16(12(17)3-4-15(17)22)14(21)10-19(23)9-11(20)5-8-18(13,19)2/h11-14,16,21,23H,3-10H2,1-2H3/t11?,12-,13-,14?,16-,17-,18+,19?/m0/s1. The fourth-order valence-corrected chi connectivity index (χ4v) is 6.97. The summed E-state index contributed by atoms with van der Waals surface area (Å²) >= 11 is 0. The molecule has 0 radical (unpaired) electrons. The minimum Gasteiger partial charge on any atom is -0.393 e. The van der Waals surface area contributed by atoms with E-state index in [0.717, 1.165) is 19.3 Å². The second-order valence-corrected chi connectivity index (χ2v) is 9.27. The zero-order valence-corrected chi connectivity index (χ0v) is 14.2. The molecule has 0 aromatic carbocycles. The highest BCUT2D eigenvalue weighted by Crippen LogP contribution is 2.66. The molecule has 0 spiro atoms. The maximum Gasteiger partial charge on any atom is 0.139 e. The number of carbonyl (C=O) groups is 1. The second-order valence-electron chi connectivity index (χ2n) is 9.27. The second kappa shape index (κ2) is 4.78. The zero-order chi connectivity index (χ0) is 16.6. The molecule has 130 valence electrons. The lowest BCUT2D eigenvalue weighted by atomic mass is 9.43. The minimum absolute atomic E-state index is 0.0848. The molecule has 0 amide bonds. The molecule has 4 heteroatoms. The SMILES string of the molecule is C[C@]12CC[C@H]3[C@@H](C(O)CC4(O)CC(F)CC[C@]34C)[C@@H]1CCC2=O. The fourth-order valence-electron chi connectivity index (χ4n) is 6.97. The first-order valence-electron chi connectivity index (χ1n) is 9.29. The van der Waals surface area contributed by atoms with Gasteiger partial charge in [-0.2, -0.15) is 0 Å². The number of halogens is 1. The number of hydrogen-bond donors (Lipinski definition) is 2. The van der Waals surface area contributed by atoms with E-state index in [1.54, 1.807) is 0 Å². The number of aliphatic hydroxyl groups excluding tert-OH is 1. The molecule has 8 atom stereocenters. The average molecular weight is 324 g/mol. The number of Topliss-reactive ketones (excluding diaryl/α,β-unsaturated/α-hetero) is 1. The number of fused-ring (bicyclic) bond motifs is 5. The molecular weight excluding hydrogens is 295 g/mol. The highest BCUT2D eigenvalue weighted by Gasteiger charge is 2.67. The van der Waals surface area contributed by atoms with Crippen molar-refractivity contribution in [3.8, 4) is 0 Å². The molecule has 4 saturated carbocycles. The van der Waals surface area contributed by atoms with Crippen LogP contribution in [-0.2, 0) is 4.79 Å². The van der Waals surface area contributed by atoms with Crippen LogP contribution in [0.2, 0.25) is 0 Å². The summed E-state index contributed by atoms with van der Waals surface area (Å²) in [6.45, 7) is 4.19. The van der Waals surface area contributed by atoms with Gasteiger partial charge in [0.15, 0.2) is 0 Å². The summed E-state index contributed by atoms with van der Waals surface area (Å²) in [4.78, 5) is 12.4. The van der Waals surface area contributed by atoms with Gasteiger partial charge in [-0.15, -0.1) is 0 Å². The van der Waals surface area contributed by atoms with Crippen molar-refractivity contribution >= 4 is 5.78 Å². The molecule has 0 aliphatic heterocycles. The Morgan fingerprint density at radius 3 is 2.57 bits per heavy atom. The van der Waals surface area contributed by atoms with Crippen LogP contribution in [0.4, 0.5) is 4.39 Å². The van der Waals surface area contributed by atoms with Crippen molar-refractivity contribution in [3.63, 3.8) is 0 Å². The predicted molar refractivity (Wildman–Crippen MR) is 84.5 cm³/mol. The summed E-state index contributed by atoms with van der Waals surface area (Å²) in [5.41, 5.74) is -1.71. The van der Waals surface area contributed by atoms with Gasteiger partial charge in [0.2, 0.25) is 0 Å². The Bertz CT molecular complexity index is 537. The number of aliphatic hydroxyl groups is 2. The van der Waals surface area contributed by atoms with Gasteiger partial charge in [0.1, 0.15) is 12.0 Å². The molecule has 3 unspecified atom stereocenters. The normalized spacial score (nSPS) is 59.2. The summed E-state index contributed by atoms with van der Waals surface area (Å²) in [5.74, 6) is 0.870. The van der Waals surface area contributed by atoms with Crippen molar-refractivity contribution < 1.29 is 19.4 Å². The first-order valence-corrected chi connectivity index (χ1v) is 9.29. The van der Waals surface area contributed by atoms with Crippen LogP contribution in [0.3, 0.4) is 0 Å². The number of ketones is 1. The van der Waals surface area contributed by atoms with Crippen molar-refractivity contribution in [1.29, 1.82) is 0 Å². The molecule has 4 rings (SSSR count). The number of hydrogen-bond acceptors (Lipinski definition) is 3. The Balaban J connectivity index is 1.73. The molecule has 23 heavy (non-hydrogen) atoms. The van der Waals surface area contributed by atoms with Crippen molar-refractivity contribution in [2.75, 3.05) is 0 Å². The van der Waals surface area contributed by atoms with Crippen LogP contribution in [0.15, 0.2) is 0 Å². The van der Waals surface area contributed by atoms with Crippen LogP contribution >= 0.6 is 0 Å². The largest absolute Gasteiger partial charge is 0.393 e. The highest BCUT2D eigenvalue weighted by molar-refractivity contribution is 5.87. The van der Waals surface area contributed by atoms with Crippen LogP contribution in [0.5, 0.6) is 0 Å². The minimum atomic E-state index is -1.10. The third-order valence-electron chi connectivity index (χ3n) is 8.45. The summed E-state index contributed by atoms with van der Waals surface area (Å²) in [7, 11) is 0. The van der Waals surface area contributed by atoms with Gasteiger partial charge in [-0.1, -0.05) is 13.8 Å². The Labute approximate surface area is 137 Å². The lowest BCUT2D eigenvalue weighted by Crippen LogP contribution is -2.66. The molecule has 4 aliphatic carbocycles. The van der Waals surface area contributed by atoms with E-state index in [1.165, 1.54) is 0 Å². The molecule has 2 N–H and O–H groups in total. The Morgan fingerprint density at radius 2 is 1.83 bits per heavy atom. The maximum atomic E-state index is 14.0. The van der Waals surface area contributed by atoms with Gasteiger partial charge in [-0.25, -0.2) is 4.39 Å². The van der Waals surface area contributed by atoms with Crippen LogP contribution in [0, 0.1) is 28.6 Å². The van der Waals surface area contributed by atoms with Gasteiger partial charge in [0.25, 0.3) is 0 Å². The molecule has 3 nitrogen and oxygen atoms in total. The Morgan fingerprint density at radius 1 is 1.09 bits per heavy atom. The molecule has 0 aromatic rings. The van der Waals surface area contributed by atoms with Crippen LogP contribution < -0.4 is 0 Å². The summed E-state index contributed by atoms with van der Waals surface area (Å²) in [6, 6.07) is 0. The number of rotatable bonds is 0. The van der Waals surface area contributed by atoms with Crippen molar-refractivity contribution in [3.05, 3.63) is 0 Å². The lowest BCUT2D eigenvalue weighted by Gasteiger charge is -2.64. The molecule has 0 aromatic heterocycles. The molecule has 0 bridgehead atoms. The van der Waals surface area contributed by atoms with E-state index in [1.807, 2.05) is 0 Å². The first-order chi connectivity index (χ1) is 10.7. The monoisotopic (exact) mass is 324 g/mol. The summed E-state index contributed by atoms with van der Waals surface area (Å²) in [5, 5.41) is 22.1. The summed E-state index contributed by atoms with van der Waals surface area (Å²) < 4.78 is 14.0. The van der Waals surface area contributed by atoms with Gasteiger partial charge in [0.05, 0.1) is 11.7 Å².